The maximum Gasteiger partial charge on any atom is 0.141 e. The fourth-order valence-electron chi connectivity index (χ4n) is 2.14. The Morgan fingerprint density at radius 3 is 2.58 bits per heavy atom. The molecule has 0 saturated heterocycles. The molecule has 0 bridgehead atoms. The number of aryl methyl sites for hydroxylation is 1. The van der Waals surface area contributed by atoms with E-state index in [-0.39, 0.29) is 0 Å². The van der Waals surface area contributed by atoms with Gasteiger partial charge in [-0.1, -0.05) is 41.7 Å². The monoisotopic (exact) mass is 465 g/mol. The van der Waals surface area contributed by atoms with Crippen LogP contribution in [-0.4, -0.2) is 25.5 Å². The second kappa shape index (κ2) is 13.3. The fraction of sp³-hybridized carbons (Fsp3) is 0.526. The molecular weight excluding hydrogens is 441 g/mol. The predicted octanol–water partition coefficient (Wildman–Crippen LogP) is 6.72. The van der Waals surface area contributed by atoms with Crippen molar-refractivity contribution in [2.45, 2.75) is 46.5 Å². The Labute approximate surface area is 174 Å². The molecule has 1 rings (SSSR count). The Morgan fingerprint density at radius 1 is 1.19 bits per heavy atom. The van der Waals surface area contributed by atoms with Gasteiger partial charge in [0.15, 0.2) is 0 Å². The van der Waals surface area contributed by atoms with Crippen molar-refractivity contribution < 1.29 is 14.3 Å². The Hall–Kier alpha value is -0.910. The highest BCUT2D eigenvalue weighted by atomic mass is 79.9. The number of ether oxygens (including phenoxy) is 2. The molecule has 146 valence electrons. The lowest BCUT2D eigenvalue weighted by Gasteiger charge is -2.15. The molecule has 0 N–H and O–H groups in total. The Morgan fingerprint density at radius 2 is 1.92 bits per heavy atom. The largest absolute Gasteiger partial charge is 0.492 e. The summed E-state index contributed by atoms with van der Waals surface area (Å²) in [5, 5.41) is 4.46. The van der Waals surface area contributed by atoms with Gasteiger partial charge in [-0.2, -0.15) is 0 Å². The van der Waals surface area contributed by atoms with Gasteiger partial charge in [0.2, 0.25) is 0 Å². The number of hydrogen-bond acceptors (Lipinski definition) is 4. The average molecular weight is 467 g/mol. The van der Waals surface area contributed by atoms with Gasteiger partial charge in [0.1, 0.15) is 24.7 Å². The van der Waals surface area contributed by atoms with Gasteiger partial charge in [-0.15, -0.1) is 0 Å². The first kappa shape index (κ1) is 23.1. The van der Waals surface area contributed by atoms with Crippen LogP contribution in [0.2, 0.25) is 5.02 Å². The lowest BCUT2D eigenvalue weighted by molar-refractivity contribution is 0.135. The van der Waals surface area contributed by atoms with E-state index in [1.165, 1.54) is 0 Å². The molecule has 4 nitrogen and oxygen atoms in total. The molecule has 0 fully saturated rings. The standard InChI is InChI=1S/C19H26BrCl2NO3/c1-4-7-15-12-16(24-11-8-18(20)22)13-17(21)19(15)25-9-5-6-10-26-23-14(2)3/h8,12-13H,4-7,9-11H2,1-3H3/b18-8-. The fourth-order valence-corrected chi connectivity index (χ4v) is 2.62. The van der Waals surface area contributed by atoms with Crippen LogP contribution in [0, 0.1) is 0 Å². The van der Waals surface area contributed by atoms with Crippen molar-refractivity contribution in [2.75, 3.05) is 19.8 Å². The normalized spacial score (nSPS) is 11.2. The van der Waals surface area contributed by atoms with Crippen LogP contribution in [0.5, 0.6) is 11.5 Å². The molecular formula is C19H26BrCl2NO3. The van der Waals surface area contributed by atoms with Gasteiger partial charge in [0.05, 0.1) is 21.3 Å². The van der Waals surface area contributed by atoms with Gasteiger partial charge < -0.3 is 14.3 Å². The molecule has 1 aromatic rings. The summed E-state index contributed by atoms with van der Waals surface area (Å²) in [4.78, 5) is 5.18. The van der Waals surface area contributed by atoms with E-state index >= 15 is 0 Å². The second-order valence-electron chi connectivity index (χ2n) is 5.88. The summed E-state index contributed by atoms with van der Waals surface area (Å²) in [6.07, 6.45) is 5.33. The third-order valence-corrected chi connectivity index (χ3v) is 3.98. The average Bonchev–Trinajstić information content (AvgIpc) is 2.55. The summed E-state index contributed by atoms with van der Waals surface area (Å²) in [6, 6.07) is 3.75. The molecule has 0 radical (unpaired) electrons. The van der Waals surface area contributed by atoms with Gasteiger partial charge in [-0.05, 0) is 66.7 Å². The first-order valence-electron chi connectivity index (χ1n) is 8.66. The highest BCUT2D eigenvalue weighted by Gasteiger charge is 2.11. The maximum atomic E-state index is 6.41. The van der Waals surface area contributed by atoms with Crippen LogP contribution in [0.15, 0.2) is 27.3 Å². The van der Waals surface area contributed by atoms with E-state index < -0.39 is 0 Å². The van der Waals surface area contributed by atoms with E-state index in [2.05, 4.69) is 28.0 Å². The minimum atomic E-state index is 0.367. The Kier molecular flexibility index (Phi) is 11.8. The quantitative estimate of drug-likeness (QED) is 0.195. The zero-order chi connectivity index (χ0) is 19.4. The SMILES string of the molecule is CCCc1cc(OC/C=C(\Cl)Br)cc(Cl)c1OCCCCON=C(C)C. The number of unbranched alkanes of at least 4 members (excludes halogenated alkanes) is 1. The number of oxime groups is 1. The van der Waals surface area contributed by atoms with Gasteiger partial charge in [0, 0.05) is 6.07 Å². The molecule has 0 amide bonds. The summed E-state index contributed by atoms with van der Waals surface area (Å²) in [7, 11) is 0. The Bertz CT molecular complexity index is 613. The van der Waals surface area contributed by atoms with Crippen molar-refractivity contribution in [1.82, 2.24) is 0 Å². The number of hydrogen-bond donors (Lipinski definition) is 0. The molecule has 26 heavy (non-hydrogen) atoms. The van der Waals surface area contributed by atoms with E-state index in [9.17, 15) is 0 Å². The van der Waals surface area contributed by atoms with Crippen molar-refractivity contribution >= 4 is 44.8 Å². The number of rotatable bonds is 12. The topological polar surface area (TPSA) is 40.0 Å². The van der Waals surface area contributed by atoms with Gasteiger partial charge in [-0.25, -0.2) is 0 Å². The van der Waals surface area contributed by atoms with Crippen LogP contribution >= 0.6 is 39.1 Å². The zero-order valence-electron chi connectivity index (χ0n) is 15.5. The number of halogens is 3. The van der Waals surface area contributed by atoms with Crippen LogP contribution in [0.1, 0.15) is 45.6 Å². The molecule has 0 atom stereocenters. The van der Waals surface area contributed by atoms with Crippen molar-refractivity contribution in [3.05, 3.63) is 32.7 Å². The Balaban J connectivity index is 2.60. The minimum Gasteiger partial charge on any atom is -0.492 e. The summed E-state index contributed by atoms with van der Waals surface area (Å²) >= 11 is 15.3. The van der Waals surface area contributed by atoms with E-state index in [0.717, 1.165) is 42.7 Å². The number of benzene rings is 1. The molecule has 1 aromatic carbocycles. The lowest BCUT2D eigenvalue weighted by Crippen LogP contribution is -2.04. The van der Waals surface area contributed by atoms with Crippen LogP contribution in [-0.2, 0) is 11.3 Å². The van der Waals surface area contributed by atoms with Crippen molar-refractivity contribution in [2.24, 2.45) is 5.16 Å². The molecule has 0 aliphatic rings. The van der Waals surface area contributed by atoms with Crippen LogP contribution in [0.25, 0.3) is 0 Å². The van der Waals surface area contributed by atoms with Gasteiger partial charge in [0.25, 0.3) is 0 Å². The highest BCUT2D eigenvalue weighted by molar-refractivity contribution is 9.12. The molecule has 0 aliphatic heterocycles. The predicted molar refractivity (Wildman–Crippen MR) is 113 cm³/mol. The van der Waals surface area contributed by atoms with Crippen molar-refractivity contribution in [3.8, 4) is 11.5 Å². The van der Waals surface area contributed by atoms with Crippen LogP contribution in [0.3, 0.4) is 0 Å². The van der Waals surface area contributed by atoms with E-state index in [1.807, 2.05) is 19.9 Å². The van der Waals surface area contributed by atoms with Gasteiger partial charge in [-0.3, -0.25) is 0 Å². The van der Waals surface area contributed by atoms with Crippen LogP contribution < -0.4 is 9.47 Å². The maximum absolute atomic E-state index is 6.41. The molecule has 0 unspecified atom stereocenters. The van der Waals surface area contributed by atoms with Crippen molar-refractivity contribution in [3.63, 3.8) is 0 Å². The third-order valence-electron chi connectivity index (χ3n) is 3.22. The molecule has 7 heteroatoms. The third kappa shape index (κ3) is 9.70. The zero-order valence-corrected chi connectivity index (χ0v) is 18.6. The lowest BCUT2D eigenvalue weighted by atomic mass is 10.1. The van der Waals surface area contributed by atoms with E-state index in [0.29, 0.717) is 34.5 Å². The first-order chi connectivity index (χ1) is 12.4. The van der Waals surface area contributed by atoms with Crippen molar-refractivity contribution in [1.29, 1.82) is 0 Å². The molecule has 0 spiro atoms. The first-order valence-corrected chi connectivity index (χ1v) is 10.2. The summed E-state index contributed by atoms with van der Waals surface area (Å²) in [6.45, 7) is 7.45. The summed E-state index contributed by atoms with van der Waals surface area (Å²) in [5.41, 5.74) is 1.96. The summed E-state index contributed by atoms with van der Waals surface area (Å²) in [5.74, 6) is 1.44. The molecule has 0 heterocycles. The van der Waals surface area contributed by atoms with Crippen LogP contribution in [0.4, 0.5) is 0 Å². The summed E-state index contributed by atoms with van der Waals surface area (Å²) < 4.78 is 12.1. The highest BCUT2D eigenvalue weighted by Crippen LogP contribution is 2.34. The second-order valence-corrected chi connectivity index (χ2v) is 8.00. The molecule has 0 aromatic heterocycles. The van der Waals surface area contributed by atoms with E-state index in [4.69, 9.17) is 37.5 Å². The molecule has 0 aliphatic carbocycles. The number of nitrogens with zero attached hydrogens (tertiary/aromatic N) is 1. The minimum absolute atomic E-state index is 0.367. The smallest absolute Gasteiger partial charge is 0.141 e. The van der Waals surface area contributed by atoms with E-state index in [1.54, 1.807) is 12.1 Å². The molecule has 0 saturated carbocycles. The van der Waals surface area contributed by atoms with Gasteiger partial charge >= 0.3 is 0 Å².